The lowest BCUT2D eigenvalue weighted by atomic mass is 9.90. The fourth-order valence-corrected chi connectivity index (χ4v) is 9.15. The third-order valence-corrected chi connectivity index (χ3v) is 11.9. The van der Waals surface area contributed by atoms with Gasteiger partial charge in [-0.05, 0) is 76.2 Å². The van der Waals surface area contributed by atoms with Crippen molar-refractivity contribution < 1.29 is 4.42 Å². The van der Waals surface area contributed by atoms with Crippen LogP contribution in [0, 0.1) is 0 Å². The number of fused-ring (bicyclic) bond motifs is 10. The molecule has 0 saturated carbocycles. The van der Waals surface area contributed by atoms with Gasteiger partial charge in [-0.3, -0.25) is 0 Å². The maximum Gasteiger partial charge on any atom is 0.164 e. The van der Waals surface area contributed by atoms with E-state index in [2.05, 4.69) is 181 Å². The molecule has 0 aliphatic heterocycles. The molecule has 12 rings (SSSR count). The Labute approximate surface area is 335 Å². The van der Waals surface area contributed by atoms with Crippen LogP contribution in [0.3, 0.4) is 0 Å². The lowest BCUT2D eigenvalue weighted by Gasteiger charge is -2.20. The molecule has 4 nitrogen and oxygen atoms in total. The number of nitrogens with zero attached hydrogens (tertiary/aromatic N) is 3. The van der Waals surface area contributed by atoms with E-state index in [1.54, 1.807) is 0 Å². The largest absolute Gasteiger partial charge is 0.453 e. The maximum atomic E-state index is 7.22. The van der Waals surface area contributed by atoms with Crippen LogP contribution in [0.1, 0.15) is 17.5 Å². The van der Waals surface area contributed by atoms with E-state index in [9.17, 15) is 0 Å². The Kier molecular flexibility index (Phi) is 7.32. The summed E-state index contributed by atoms with van der Waals surface area (Å²) >= 11 is 0. The highest BCUT2D eigenvalue weighted by Crippen LogP contribution is 2.44. The summed E-state index contributed by atoms with van der Waals surface area (Å²) in [6, 6.07) is 62.3. The quantitative estimate of drug-likeness (QED) is 0.176. The number of hydrogen-bond acceptors (Lipinski definition) is 3. The van der Waals surface area contributed by atoms with Crippen molar-refractivity contribution in [2.75, 3.05) is 0 Å². The van der Waals surface area contributed by atoms with Crippen LogP contribution in [0.5, 0.6) is 0 Å². The monoisotopic (exact) mass is 741 g/mol. The van der Waals surface area contributed by atoms with E-state index in [4.69, 9.17) is 14.4 Å². The van der Waals surface area contributed by atoms with Crippen LogP contribution < -0.4 is 0 Å². The Morgan fingerprint density at radius 2 is 1.10 bits per heavy atom. The second kappa shape index (κ2) is 13.0. The molecule has 8 aromatic carbocycles. The van der Waals surface area contributed by atoms with Crippen LogP contribution in [0.25, 0.3) is 111 Å². The highest BCUT2D eigenvalue weighted by atomic mass is 16.3. The van der Waals surface area contributed by atoms with E-state index in [1.165, 1.54) is 55.0 Å². The molecule has 0 saturated heterocycles. The van der Waals surface area contributed by atoms with E-state index >= 15 is 0 Å². The smallest absolute Gasteiger partial charge is 0.164 e. The molecule has 0 spiro atoms. The number of allylic oxidation sites excluding steroid dienone is 1. The van der Waals surface area contributed by atoms with Crippen molar-refractivity contribution in [3.05, 3.63) is 193 Å². The van der Waals surface area contributed by atoms with Gasteiger partial charge in [0, 0.05) is 32.7 Å². The van der Waals surface area contributed by atoms with Crippen LogP contribution in [0.15, 0.2) is 186 Å². The summed E-state index contributed by atoms with van der Waals surface area (Å²) in [7, 11) is 0. The highest BCUT2D eigenvalue weighted by Gasteiger charge is 2.24. The number of furan rings is 1. The first kappa shape index (κ1) is 32.7. The Morgan fingerprint density at radius 1 is 0.483 bits per heavy atom. The van der Waals surface area contributed by atoms with Crippen LogP contribution in [-0.4, -0.2) is 14.5 Å². The zero-order chi connectivity index (χ0) is 38.2. The predicted molar refractivity (Wildman–Crippen MR) is 240 cm³/mol. The Bertz CT molecular complexity index is 3430. The van der Waals surface area contributed by atoms with Crippen molar-refractivity contribution >= 4 is 60.6 Å². The maximum absolute atomic E-state index is 7.22. The average molecular weight is 742 g/mol. The zero-order valence-corrected chi connectivity index (χ0v) is 31.6. The summed E-state index contributed by atoms with van der Waals surface area (Å²) in [5.74, 6) is 0.625. The van der Waals surface area contributed by atoms with Crippen molar-refractivity contribution in [3.63, 3.8) is 0 Å². The molecule has 1 aliphatic carbocycles. The molecule has 0 amide bonds. The summed E-state index contributed by atoms with van der Waals surface area (Å²) in [5.41, 5.74) is 14.7. The molecular weight excluding hydrogens is 707 g/mol. The highest BCUT2D eigenvalue weighted by molar-refractivity contribution is 6.22. The molecule has 4 heteroatoms. The second-order valence-corrected chi connectivity index (χ2v) is 15.2. The standard InChI is InChI=1S/C54H35N3O/c1-3-14-34(15-4-1)35-26-28-37(29-27-35)48-33-47(36-16-5-2-6-17-36)55-54(56-48)46-24-13-23-44-45-31-30-43-42-22-11-12-25-49(42)57(51(43)53(45)58-52(44)46)50-32-38-18-7-8-19-39(38)40-20-9-10-21-41(40)50/h1-9,11-20,22-33H,10,21H2. The summed E-state index contributed by atoms with van der Waals surface area (Å²) in [6.45, 7) is 0. The van der Waals surface area contributed by atoms with Gasteiger partial charge in [0.2, 0.25) is 0 Å². The van der Waals surface area contributed by atoms with Gasteiger partial charge in [-0.15, -0.1) is 0 Å². The van der Waals surface area contributed by atoms with Crippen molar-refractivity contribution in [1.82, 2.24) is 14.5 Å². The summed E-state index contributed by atoms with van der Waals surface area (Å²) in [4.78, 5) is 10.5. The zero-order valence-electron chi connectivity index (χ0n) is 31.6. The Morgan fingerprint density at radius 3 is 1.91 bits per heavy atom. The van der Waals surface area contributed by atoms with Crippen LogP contribution in [-0.2, 0) is 6.42 Å². The van der Waals surface area contributed by atoms with Gasteiger partial charge in [-0.2, -0.15) is 0 Å². The van der Waals surface area contributed by atoms with Crippen LogP contribution in [0.4, 0.5) is 0 Å². The molecular formula is C54H35N3O. The SMILES string of the molecule is C1=Cc2c(c(-n3c4ccccc4c4ccc5c6cccc(-c7nc(-c8ccccc8)cc(-c8ccc(-c9ccccc9)cc8)n7)c6oc5c43)cc3ccccc23)CC1. The van der Waals surface area contributed by atoms with Gasteiger partial charge >= 0.3 is 0 Å². The lowest BCUT2D eigenvalue weighted by molar-refractivity contribution is 0.671. The van der Waals surface area contributed by atoms with Crippen LogP contribution >= 0.6 is 0 Å². The summed E-state index contributed by atoms with van der Waals surface area (Å²) in [5, 5.41) is 7.00. The van der Waals surface area contributed by atoms with Gasteiger partial charge < -0.3 is 8.98 Å². The Hall–Kier alpha value is -7.56. The van der Waals surface area contributed by atoms with Gasteiger partial charge in [0.15, 0.2) is 11.4 Å². The Balaban J connectivity index is 1.10. The van der Waals surface area contributed by atoms with Gasteiger partial charge in [-0.25, -0.2) is 9.97 Å². The van der Waals surface area contributed by atoms with Gasteiger partial charge in [-0.1, -0.05) is 158 Å². The molecule has 0 radical (unpaired) electrons. The fraction of sp³-hybridized carbons (Fsp3) is 0.0370. The minimum absolute atomic E-state index is 0.625. The van der Waals surface area contributed by atoms with E-state index in [0.29, 0.717) is 5.82 Å². The van der Waals surface area contributed by atoms with Gasteiger partial charge in [0.05, 0.1) is 33.7 Å². The average Bonchev–Trinajstić information content (AvgIpc) is 3.85. The molecule has 0 bridgehead atoms. The minimum Gasteiger partial charge on any atom is -0.453 e. The summed E-state index contributed by atoms with van der Waals surface area (Å²) < 4.78 is 9.68. The third kappa shape index (κ3) is 5.08. The molecule has 58 heavy (non-hydrogen) atoms. The van der Waals surface area contributed by atoms with Crippen molar-refractivity contribution in [1.29, 1.82) is 0 Å². The number of aromatic nitrogens is 3. The first-order valence-corrected chi connectivity index (χ1v) is 20.0. The number of para-hydroxylation sites is 2. The molecule has 3 aromatic heterocycles. The molecule has 1 aliphatic rings. The topological polar surface area (TPSA) is 43.9 Å². The third-order valence-electron chi connectivity index (χ3n) is 11.9. The second-order valence-electron chi connectivity index (χ2n) is 15.2. The molecule has 0 atom stereocenters. The first-order chi connectivity index (χ1) is 28.8. The normalized spacial score (nSPS) is 12.6. The molecule has 3 heterocycles. The molecule has 11 aromatic rings. The summed E-state index contributed by atoms with van der Waals surface area (Å²) in [6.07, 6.45) is 6.62. The minimum atomic E-state index is 0.625. The van der Waals surface area contributed by atoms with E-state index < -0.39 is 0 Å². The van der Waals surface area contributed by atoms with E-state index in [1.807, 2.05) is 12.1 Å². The molecule has 0 unspecified atom stereocenters. The van der Waals surface area contributed by atoms with Crippen molar-refractivity contribution in [2.24, 2.45) is 0 Å². The van der Waals surface area contributed by atoms with Crippen LogP contribution in [0.2, 0.25) is 0 Å². The van der Waals surface area contributed by atoms with Crippen molar-refractivity contribution in [2.45, 2.75) is 12.8 Å². The molecule has 0 fully saturated rings. The molecule has 272 valence electrons. The fourth-order valence-electron chi connectivity index (χ4n) is 9.15. The van der Waals surface area contributed by atoms with E-state index in [0.717, 1.165) is 68.4 Å². The predicted octanol–water partition coefficient (Wildman–Crippen LogP) is 14.3. The number of hydrogen-bond donors (Lipinski definition) is 0. The number of rotatable bonds is 5. The van der Waals surface area contributed by atoms with Gasteiger partial charge in [0.25, 0.3) is 0 Å². The number of benzene rings is 8. The van der Waals surface area contributed by atoms with E-state index in [-0.39, 0.29) is 0 Å². The molecule has 0 N–H and O–H groups in total. The van der Waals surface area contributed by atoms with Gasteiger partial charge in [0.1, 0.15) is 5.58 Å². The van der Waals surface area contributed by atoms with Crippen molar-refractivity contribution in [3.8, 4) is 50.7 Å². The lowest BCUT2D eigenvalue weighted by Crippen LogP contribution is -2.05. The first-order valence-electron chi connectivity index (χ1n) is 20.0.